The van der Waals surface area contributed by atoms with E-state index in [2.05, 4.69) is 19.9 Å². The second kappa shape index (κ2) is 18.1. The van der Waals surface area contributed by atoms with Crippen molar-refractivity contribution in [3.63, 3.8) is 0 Å². The molecule has 0 aliphatic heterocycles. The van der Waals surface area contributed by atoms with Gasteiger partial charge in [0.25, 0.3) is 0 Å². The summed E-state index contributed by atoms with van der Waals surface area (Å²) in [6.45, 7) is 10.4. The molecule has 0 saturated carbocycles. The zero-order valence-electron chi connectivity index (χ0n) is 25.1. The summed E-state index contributed by atoms with van der Waals surface area (Å²) < 4.78 is 16.4. The Bertz CT molecular complexity index is 1210. The van der Waals surface area contributed by atoms with Crippen molar-refractivity contribution in [3.05, 3.63) is 71.3 Å². The average molecular weight is 591 g/mol. The number of phenolic OH excluding ortho intramolecular Hbond substituents is 3. The fourth-order valence-electron chi connectivity index (χ4n) is 4.17. The van der Waals surface area contributed by atoms with Gasteiger partial charge in [0.2, 0.25) is 0 Å². The minimum absolute atomic E-state index is 0.0712. The largest absolute Gasteiger partial charge is 0.504 e. The van der Waals surface area contributed by atoms with Crippen molar-refractivity contribution in [1.82, 2.24) is 4.90 Å². The summed E-state index contributed by atoms with van der Waals surface area (Å²) >= 11 is 0. The molecule has 0 aromatic heterocycles. The Morgan fingerprint density at radius 2 is 0.837 bits per heavy atom. The van der Waals surface area contributed by atoms with Gasteiger partial charge in [-0.05, 0) is 57.2 Å². The number of hydrogen-bond acceptors (Lipinski definition) is 10. The Morgan fingerprint density at radius 3 is 1.12 bits per heavy atom. The van der Waals surface area contributed by atoms with Gasteiger partial charge in [-0.1, -0.05) is 18.2 Å². The summed E-state index contributed by atoms with van der Waals surface area (Å²) in [6, 6.07) is 16.0. The van der Waals surface area contributed by atoms with Crippen molar-refractivity contribution in [3.8, 4) is 34.5 Å². The molecule has 0 aliphatic rings. The van der Waals surface area contributed by atoms with Crippen molar-refractivity contribution in [2.45, 2.75) is 20.8 Å². The minimum Gasteiger partial charge on any atom is -0.504 e. The van der Waals surface area contributed by atoms with Gasteiger partial charge < -0.3 is 29.5 Å². The standard InChI is InChI=1S/C33H42N4O6/c1-4-41-28-13-7-10-25(31(28)38)22-34-16-19-37(20-17-35-23-26-11-8-14-29(32(26)39)42-5-2)21-18-36-24-27-12-9-15-30(33(27)40)43-6-3/h7-15,22-24,38-40H,4-6,16-21H2,1-3H3. The van der Waals surface area contributed by atoms with Gasteiger partial charge in [-0.3, -0.25) is 19.9 Å². The van der Waals surface area contributed by atoms with Crippen molar-refractivity contribution >= 4 is 18.6 Å². The molecule has 3 rings (SSSR count). The van der Waals surface area contributed by atoms with E-state index in [4.69, 9.17) is 14.2 Å². The van der Waals surface area contributed by atoms with E-state index in [1.165, 1.54) is 0 Å². The molecule has 10 nitrogen and oxygen atoms in total. The van der Waals surface area contributed by atoms with Crippen LogP contribution in [0.2, 0.25) is 0 Å². The van der Waals surface area contributed by atoms with Crippen LogP contribution in [-0.2, 0) is 0 Å². The first-order valence-electron chi connectivity index (χ1n) is 14.5. The van der Waals surface area contributed by atoms with Crippen LogP contribution in [0.5, 0.6) is 34.5 Å². The van der Waals surface area contributed by atoms with Crippen LogP contribution in [0.1, 0.15) is 37.5 Å². The Hall–Kier alpha value is -4.57. The fourth-order valence-corrected chi connectivity index (χ4v) is 4.17. The van der Waals surface area contributed by atoms with Gasteiger partial charge in [-0.25, -0.2) is 0 Å². The van der Waals surface area contributed by atoms with E-state index in [0.29, 0.717) is 93.0 Å². The Labute approximate surface area is 253 Å². The quantitative estimate of drug-likeness (QED) is 0.179. The third-order valence-corrected chi connectivity index (χ3v) is 6.32. The lowest BCUT2D eigenvalue weighted by Crippen LogP contribution is -2.31. The van der Waals surface area contributed by atoms with Gasteiger partial charge in [-0.15, -0.1) is 0 Å². The molecule has 0 spiro atoms. The molecular formula is C33H42N4O6. The molecule has 0 atom stereocenters. The second-order valence-corrected chi connectivity index (χ2v) is 9.33. The lowest BCUT2D eigenvalue weighted by Gasteiger charge is -2.19. The lowest BCUT2D eigenvalue weighted by molar-refractivity contribution is 0.298. The number of phenols is 3. The minimum atomic E-state index is 0.0712. The molecule has 0 unspecified atom stereocenters. The van der Waals surface area contributed by atoms with Crippen LogP contribution >= 0.6 is 0 Å². The van der Waals surface area contributed by atoms with Crippen LogP contribution in [0.4, 0.5) is 0 Å². The van der Waals surface area contributed by atoms with E-state index in [1.54, 1.807) is 55.0 Å². The SMILES string of the molecule is CCOc1cccc(C=NCCN(CCN=Cc2cccc(OCC)c2O)CCN=Cc2cccc(OCC)c2O)c1O. The summed E-state index contributed by atoms with van der Waals surface area (Å²) in [7, 11) is 0. The normalized spacial score (nSPS) is 11.7. The number of benzene rings is 3. The maximum absolute atomic E-state index is 10.4. The van der Waals surface area contributed by atoms with E-state index in [-0.39, 0.29) is 17.2 Å². The predicted molar refractivity (Wildman–Crippen MR) is 172 cm³/mol. The Morgan fingerprint density at radius 1 is 0.535 bits per heavy atom. The first kappa shape index (κ1) is 32.9. The van der Waals surface area contributed by atoms with Crippen LogP contribution in [-0.4, -0.2) is 98.0 Å². The number of para-hydroxylation sites is 3. The highest BCUT2D eigenvalue weighted by molar-refractivity contribution is 5.86. The molecule has 3 aromatic rings. The Balaban J connectivity index is 1.63. The van der Waals surface area contributed by atoms with Gasteiger partial charge in [0, 0.05) is 55.0 Å². The van der Waals surface area contributed by atoms with Crippen molar-refractivity contribution in [1.29, 1.82) is 0 Å². The molecule has 43 heavy (non-hydrogen) atoms. The molecule has 230 valence electrons. The van der Waals surface area contributed by atoms with E-state index in [1.807, 2.05) is 39.0 Å². The molecule has 10 heteroatoms. The Kier molecular flexibility index (Phi) is 13.8. The van der Waals surface area contributed by atoms with Crippen molar-refractivity contribution in [2.75, 3.05) is 59.1 Å². The molecule has 0 fully saturated rings. The molecule has 0 amide bonds. The average Bonchev–Trinajstić information content (AvgIpc) is 3.00. The van der Waals surface area contributed by atoms with E-state index in [0.717, 1.165) is 0 Å². The molecule has 3 N–H and O–H groups in total. The van der Waals surface area contributed by atoms with Crippen LogP contribution in [0.15, 0.2) is 69.6 Å². The van der Waals surface area contributed by atoms with Gasteiger partial charge in [0.15, 0.2) is 34.5 Å². The molecule has 0 aliphatic carbocycles. The molecule has 0 radical (unpaired) electrons. The van der Waals surface area contributed by atoms with E-state index in [9.17, 15) is 15.3 Å². The van der Waals surface area contributed by atoms with Crippen LogP contribution in [0, 0.1) is 0 Å². The summed E-state index contributed by atoms with van der Waals surface area (Å²) in [5.41, 5.74) is 1.78. The number of aromatic hydroxyl groups is 3. The second-order valence-electron chi connectivity index (χ2n) is 9.33. The van der Waals surface area contributed by atoms with E-state index < -0.39 is 0 Å². The summed E-state index contributed by atoms with van der Waals surface area (Å²) in [6.07, 6.45) is 4.94. The third-order valence-electron chi connectivity index (χ3n) is 6.32. The first-order chi connectivity index (χ1) is 21.0. The van der Waals surface area contributed by atoms with E-state index >= 15 is 0 Å². The summed E-state index contributed by atoms with van der Waals surface area (Å²) in [5, 5.41) is 31.3. The summed E-state index contributed by atoms with van der Waals surface area (Å²) in [5.74, 6) is 1.50. The molecular weight excluding hydrogens is 548 g/mol. The topological polar surface area (TPSA) is 129 Å². The number of rotatable bonds is 18. The predicted octanol–water partition coefficient (Wildman–Crippen LogP) is 4.96. The highest BCUT2D eigenvalue weighted by atomic mass is 16.5. The molecule has 0 heterocycles. The van der Waals surface area contributed by atoms with Gasteiger partial charge in [-0.2, -0.15) is 0 Å². The van der Waals surface area contributed by atoms with Crippen LogP contribution in [0.25, 0.3) is 0 Å². The van der Waals surface area contributed by atoms with Crippen molar-refractivity contribution in [2.24, 2.45) is 15.0 Å². The molecule has 0 saturated heterocycles. The van der Waals surface area contributed by atoms with Gasteiger partial charge >= 0.3 is 0 Å². The highest BCUT2D eigenvalue weighted by Crippen LogP contribution is 2.30. The monoisotopic (exact) mass is 590 g/mol. The summed E-state index contributed by atoms with van der Waals surface area (Å²) in [4.78, 5) is 15.7. The number of aliphatic imine (C=N–C) groups is 3. The zero-order chi connectivity index (χ0) is 30.9. The van der Waals surface area contributed by atoms with Crippen LogP contribution < -0.4 is 14.2 Å². The molecule has 3 aromatic carbocycles. The maximum atomic E-state index is 10.4. The smallest absolute Gasteiger partial charge is 0.166 e. The van der Waals surface area contributed by atoms with Crippen molar-refractivity contribution < 1.29 is 29.5 Å². The van der Waals surface area contributed by atoms with Crippen LogP contribution in [0.3, 0.4) is 0 Å². The fraction of sp³-hybridized carbons (Fsp3) is 0.364. The van der Waals surface area contributed by atoms with Gasteiger partial charge in [0.1, 0.15) is 0 Å². The highest BCUT2D eigenvalue weighted by Gasteiger charge is 2.09. The number of hydrogen-bond donors (Lipinski definition) is 3. The van der Waals surface area contributed by atoms with Gasteiger partial charge in [0.05, 0.1) is 39.5 Å². The third kappa shape index (κ3) is 10.3. The zero-order valence-corrected chi connectivity index (χ0v) is 25.1. The number of nitrogens with zero attached hydrogens (tertiary/aromatic N) is 4. The molecule has 0 bridgehead atoms. The maximum Gasteiger partial charge on any atom is 0.166 e. The lowest BCUT2D eigenvalue weighted by atomic mass is 10.2. The number of ether oxygens (including phenoxy) is 3. The first-order valence-corrected chi connectivity index (χ1v) is 14.5.